The Morgan fingerprint density at radius 3 is 2.22 bits per heavy atom. The molecule has 0 saturated heterocycles. The number of nitrogen functional groups attached to an aromatic ring is 1. The average molecular weight is 463 g/mol. The first-order valence-corrected chi connectivity index (χ1v) is 10.6. The number of rotatable bonds is 4. The number of aromatic nitrogens is 3. The van der Waals surface area contributed by atoms with Crippen LogP contribution in [-0.4, -0.2) is 43.9 Å². The number of nitrogens with zero attached hydrogens (tertiary/aromatic N) is 4. The minimum absolute atomic E-state index is 0.0311. The summed E-state index contributed by atoms with van der Waals surface area (Å²) < 4.78 is 1.65. The highest BCUT2D eigenvalue weighted by Gasteiger charge is 2.22. The third kappa shape index (κ3) is 7.17. The summed E-state index contributed by atoms with van der Waals surface area (Å²) in [7, 11) is 0. The molecular weight excluding hydrogens is 432 g/mol. The van der Waals surface area contributed by atoms with Crippen molar-refractivity contribution in [2.24, 2.45) is 0 Å². The number of halogens is 1. The highest BCUT2D eigenvalue weighted by atomic mass is 35.5. The van der Waals surface area contributed by atoms with Crippen LogP contribution < -0.4 is 21.7 Å². The van der Waals surface area contributed by atoms with Crippen molar-refractivity contribution >= 4 is 29.2 Å². The van der Waals surface area contributed by atoms with Crippen LogP contribution in [0.4, 0.5) is 10.5 Å². The maximum absolute atomic E-state index is 11.8. The Kier molecular flexibility index (Phi) is 9.54. The molecule has 1 unspecified atom stereocenters. The summed E-state index contributed by atoms with van der Waals surface area (Å²) in [6.45, 7) is 10.9. The summed E-state index contributed by atoms with van der Waals surface area (Å²) in [6.07, 6.45) is 5.32. The predicted molar refractivity (Wildman–Crippen MR) is 127 cm³/mol. The number of anilines is 1. The Hall–Kier alpha value is -3.25. The fourth-order valence-corrected chi connectivity index (χ4v) is 2.73. The Morgan fingerprint density at radius 1 is 1.25 bits per heavy atom. The number of carbonyl (C=O) groups excluding carboxylic acids is 2. The molecule has 0 fully saturated rings. The molecule has 0 spiro atoms. The van der Waals surface area contributed by atoms with E-state index in [4.69, 9.17) is 23.9 Å². The number of amides is 2. The third-order valence-electron chi connectivity index (χ3n) is 4.07. The van der Waals surface area contributed by atoms with Gasteiger partial charge in [-0.25, -0.2) is 9.59 Å². The van der Waals surface area contributed by atoms with Gasteiger partial charge in [0.2, 0.25) is 5.91 Å². The number of nitrogens with two attached hydrogens (primary N) is 1. The molecule has 1 heterocycles. The second-order valence-electron chi connectivity index (χ2n) is 8.33. The van der Waals surface area contributed by atoms with Crippen LogP contribution >= 0.6 is 11.6 Å². The van der Waals surface area contributed by atoms with Gasteiger partial charge in [-0.2, -0.15) is 4.68 Å². The van der Waals surface area contributed by atoms with E-state index in [1.54, 1.807) is 6.92 Å². The maximum atomic E-state index is 11.8. The Labute approximate surface area is 193 Å². The molecule has 1 aromatic carbocycles. The summed E-state index contributed by atoms with van der Waals surface area (Å²) in [4.78, 5) is 36.6. The molecule has 0 aliphatic heterocycles. The Bertz CT molecular complexity index is 1020. The molecule has 2 amide bonds. The van der Waals surface area contributed by atoms with Crippen LogP contribution in [-0.2, 0) is 4.79 Å². The standard InChI is InChI=1S/C12H12ClNO.C10H19N5O2/c1-3-10(2)14(12(15)9-13)11-7-5-4-6-8-11;1-6(2)7-13-15(9(17)14(7)11)8(16)12-10(3,4)5/h1,4-8,10H,9H2,2H3;6H,11H2,1-5H3,(H,12,16). The lowest BCUT2D eigenvalue weighted by Gasteiger charge is -2.25. The molecule has 0 radical (unpaired) electrons. The zero-order chi connectivity index (χ0) is 24.6. The van der Waals surface area contributed by atoms with Gasteiger partial charge in [0, 0.05) is 17.1 Å². The van der Waals surface area contributed by atoms with Crippen molar-refractivity contribution in [1.29, 1.82) is 0 Å². The maximum Gasteiger partial charge on any atom is 0.373 e. The van der Waals surface area contributed by atoms with Gasteiger partial charge in [-0.3, -0.25) is 9.69 Å². The van der Waals surface area contributed by atoms with Gasteiger partial charge in [0.05, 0.1) is 6.04 Å². The largest absolute Gasteiger partial charge is 0.373 e. The van der Waals surface area contributed by atoms with E-state index in [9.17, 15) is 14.4 Å². The SMILES string of the molecule is C#CC(C)N(C(=O)CCl)c1ccccc1.CC(C)c1nn(C(=O)NC(C)(C)C)c(=O)n1N. The van der Waals surface area contributed by atoms with Crippen LogP contribution in [0.1, 0.15) is 53.3 Å². The monoisotopic (exact) mass is 462 g/mol. The molecule has 0 aliphatic rings. The second kappa shape index (κ2) is 11.4. The van der Waals surface area contributed by atoms with E-state index in [0.29, 0.717) is 5.82 Å². The molecule has 3 N–H and O–H groups in total. The van der Waals surface area contributed by atoms with E-state index < -0.39 is 17.3 Å². The third-order valence-corrected chi connectivity index (χ3v) is 4.30. The van der Waals surface area contributed by atoms with Gasteiger partial charge in [-0.1, -0.05) is 38.0 Å². The van der Waals surface area contributed by atoms with Gasteiger partial charge < -0.3 is 11.2 Å². The van der Waals surface area contributed by atoms with Crippen molar-refractivity contribution in [3.05, 3.63) is 46.6 Å². The van der Waals surface area contributed by atoms with E-state index in [0.717, 1.165) is 15.0 Å². The minimum Gasteiger partial charge on any atom is -0.333 e. The van der Waals surface area contributed by atoms with Crippen LogP contribution in [0.5, 0.6) is 0 Å². The Balaban J connectivity index is 0.000000323. The summed E-state index contributed by atoms with van der Waals surface area (Å²) in [5, 5.41) is 6.57. The van der Waals surface area contributed by atoms with Gasteiger partial charge in [0.25, 0.3) is 0 Å². The summed E-state index contributed by atoms with van der Waals surface area (Å²) in [5.74, 6) is 8.16. The van der Waals surface area contributed by atoms with Gasteiger partial charge in [-0.05, 0) is 39.8 Å². The lowest BCUT2D eigenvalue weighted by atomic mass is 10.1. The topological polar surface area (TPSA) is 115 Å². The van der Waals surface area contributed by atoms with Gasteiger partial charge in [0.15, 0.2) is 5.82 Å². The molecule has 32 heavy (non-hydrogen) atoms. The minimum atomic E-state index is -0.643. The molecule has 2 rings (SSSR count). The van der Waals surface area contributed by atoms with E-state index in [2.05, 4.69) is 16.3 Å². The average Bonchev–Trinajstić information content (AvgIpc) is 3.03. The number of hydrogen-bond acceptors (Lipinski definition) is 5. The molecule has 10 heteroatoms. The summed E-state index contributed by atoms with van der Waals surface area (Å²) in [5.41, 5.74) is -0.309. The molecule has 1 aromatic heterocycles. The van der Waals surface area contributed by atoms with Crippen molar-refractivity contribution in [2.45, 2.75) is 59.0 Å². The molecule has 0 aliphatic carbocycles. The van der Waals surface area contributed by atoms with Crippen molar-refractivity contribution in [3.8, 4) is 12.3 Å². The van der Waals surface area contributed by atoms with Crippen molar-refractivity contribution in [1.82, 2.24) is 19.8 Å². The normalized spacial score (nSPS) is 11.7. The zero-order valence-electron chi connectivity index (χ0n) is 19.3. The first-order chi connectivity index (χ1) is 14.8. The van der Waals surface area contributed by atoms with Gasteiger partial charge in [-0.15, -0.1) is 27.8 Å². The number of hydrogen-bond donors (Lipinski definition) is 2. The van der Waals surface area contributed by atoms with Gasteiger partial charge in [0.1, 0.15) is 5.88 Å². The van der Waals surface area contributed by atoms with E-state index >= 15 is 0 Å². The van der Waals surface area contributed by atoms with Crippen molar-refractivity contribution in [2.75, 3.05) is 16.6 Å². The first kappa shape index (κ1) is 26.8. The molecule has 0 saturated carbocycles. The quantitative estimate of drug-likeness (QED) is 0.411. The van der Waals surface area contributed by atoms with Crippen LogP contribution in [0.25, 0.3) is 0 Å². The fraction of sp³-hybridized carbons (Fsp3) is 0.455. The zero-order valence-corrected chi connectivity index (χ0v) is 20.1. The van der Waals surface area contributed by atoms with E-state index in [-0.39, 0.29) is 23.7 Å². The van der Waals surface area contributed by atoms with E-state index in [1.165, 1.54) is 4.90 Å². The molecule has 174 valence electrons. The smallest absolute Gasteiger partial charge is 0.333 e. The number of para-hydroxylation sites is 1. The first-order valence-electron chi connectivity index (χ1n) is 10.0. The predicted octanol–water partition coefficient (Wildman–Crippen LogP) is 2.52. The molecule has 0 bridgehead atoms. The van der Waals surface area contributed by atoms with Crippen molar-refractivity contribution in [3.63, 3.8) is 0 Å². The van der Waals surface area contributed by atoms with Gasteiger partial charge >= 0.3 is 11.7 Å². The second-order valence-corrected chi connectivity index (χ2v) is 8.60. The van der Waals surface area contributed by atoms with Crippen LogP contribution in [0.2, 0.25) is 0 Å². The highest BCUT2D eigenvalue weighted by molar-refractivity contribution is 6.29. The van der Waals surface area contributed by atoms with Crippen molar-refractivity contribution < 1.29 is 9.59 Å². The molecular formula is C22H31ClN6O3. The summed E-state index contributed by atoms with van der Waals surface area (Å²) in [6, 6.07) is 8.39. The van der Waals surface area contributed by atoms with E-state index in [1.807, 2.05) is 65.0 Å². The number of alkyl halides is 1. The number of benzene rings is 1. The Morgan fingerprint density at radius 2 is 1.81 bits per heavy atom. The molecule has 2 aromatic rings. The number of carbonyl (C=O) groups is 2. The summed E-state index contributed by atoms with van der Waals surface area (Å²) >= 11 is 5.54. The van der Waals surface area contributed by atoms with Crippen LogP contribution in [0.15, 0.2) is 35.1 Å². The number of terminal acetylenes is 1. The lowest BCUT2D eigenvalue weighted by Crippen LogP contribution is -2.47. The highest BCUT2D eigenvalue weighted by Crippen LogP contribution is 2.16. The van der Waals surface area contributed by atoms with Crippen LogP contribution in [0, 0.1) is 12.3 Å². The van der Waals surface area contributed by atoms with Crippen LogP contribution in [0.3, 0.4) is 0 Å². The lowest BCUT2D eigenvalue weighted by molar-refractivity contribution is -0.116. The fourth-order valence-electron chi connectivity index (χ4n) is 2.60. The molecule has 9 nitrogen and oxygen atoms in total. The molecule has 1 atom stereocenters. The number of nitrogens with one attached hydrogen (secondary N) is 1.